The SMILES string of the molecule is CC/C=C/CC(O)/C=C/C=C/CCCCCCCC(=O)O[C@H](COC(=O)CCCCCCCCCCCCCCC)COP(=O)(O)OC[C@@H](O)CO. The van der Waals surface area contributed by atoms with Crippen molar-refractivity contribution < 1.29 is 52.9 Å². The van der Waals surface area contributed by atoms with Crippen LogP contribution in [0.15, 0.2) is 36.5 Å². The highest BCUT2D eigenvalue weighted by atomic mass is 31.2. The Kier molecular flexibility index (Phi) is 34.9. The van der Waals surface area contributed by atoms with Crippen LogP contribution in [0.25, 0.3) is 0 Å². The molecule has 0 aliphatic rings. The monoisotopic (exact) mass is 760 g/mol. The highest BCUT2D eigenvalue weighted by molar-refractivity contribution is 7.47. The molecular formula is C40H73O11P. The molecule has 0 aromatic carbocycles. The largest absolute Gasteiger partial charge is 0.472 e. The van der Waals surface area contributed by atoms with Crippen molar-refractivity contribution in [3.63, 3.8) is 0 Å². The Balaban J connectivity index is 4.41. The molecule has 0 heterocycles. The molecule has 4 N–H and O–H groups in total. The lowest BCUT2D eigenvalue weighted by atomic mass is 10.0. The number of aliphatic hydroxyl groups excluding tert-OH is 3. The average Bonchev–Trinajstić information content (AvgIpc) is 3.12. The van der Waals surface area contributed by atoms with E-state index in [0.717, 1.165) is 57.8 Å². The number of allylic oxidation sites excluding steroid dienone is 4. The number of phosphoric acid groups is 1. The lowest BCUT2D eigenvalue weighted by Gasteiger charge is -2.20. The van der Waals surface area contributed by atoms with Crippen LogP contribution in [0.2, 0.25) is 0 Å². The first kappa shape index (κ1) is 50.1. The highest BCUT2D eigenvalue weighted by Crippen LogP contribution is 2.43. The topological polar surface area (TPSA) is 169 Å². The van der Waals surface area contributed by atoms with Gasteiger partial charge in [0, 0.05) is 12.8 Å². The predicted octanol–water partition coefficient (Wildman–Crippen LogP) is 8.97. The van der Waals surface area contributed by atoms with Crippen LogP contribution in [0.5, 0.6) is 0 Å². The van der Waals surface area contributed by atoms with Gasteiger partial charge in [-0.3, -0.25) is 18.6 Å². The Labute approximate surface area is 314 Å². The number of phosphoric ester groups is 1. The zero-order chi connectivity index (χ0) is 38.5. The summed E-state index contributed by atoms with van der Waals surface area (Å²) in [4.78, 5) is 34.9. The molecule has 0 aromatic heterocycles. The van der Waals surface area contributed by atoms with Crippen LogP contribution >= 0.6 is 7.82 Å². The molecule has 4 atom stereocenters. The molecule has 0 saturated heterocycles. The van der Waals surface area contributed by atoms with Crippen molar-refractivity contribution in [1.29, 1.82) is 0 Å². The lowest BCUT2D eigenvalue weighted by Crippen LogP contribution is -2.29. The van der Waals surface area contributed by atoms with Gasteiger partial charge in [0.1, 0.15) is 12.7 Å². The first-order chi connectivity index (χ1) is 25.1. The number of ether oxygens (including phenoxy) is 2. The van der Waals surface area contributed by atoms with E-state index < -0.39 is 57.9 Å². The van der Waals surface area contributed by atoms with E-state index in [9.17, 15) is 29.3 Å². The molecule has 12 heteroatoms. The third-order valence-electron chi connectivity index (χ3n) is 8.39. The second kappa shape index (κ2) is 36.1. The second-order valence-corrected chi connectivity index (χ2v) is 14.9. The van der Waals surface area contributed by atoms with Crippen LogP contribution in [0, 0.1) is 0 Å². The fraction of sp³-hybridized carbons (Fsp3) is 0.800. The van der Waals surface area contributed by atoms with Gasteiger partial charge in [0.25, 0.3) is 0 Å². The summed E-state index contributed by atoms with van der Waals surface area (Å²) in [6.45, 7) is 2.11. The third-order valence-corrected chi connectivity index (χ3v) is 9.34. The Morgan fingerprint density at radius 3 is 1.77 bits per heavy atom. The van der Waals surface area contributed by atoms with E-state index >= 15 is 0 Å². The van der Waals surface area contributed by atoms with E-state index in [1.54, 1.807) is 6.08 Å². The molecule has 0 saturated carbocycles. The van der Waals surface area contributed by atoms with Crippen LogP contribution in [0.4, 0.5) is 0 Å². The summed E-state index contributed by atoms with van der Waals surface area (Å²) < 4.78 is 32.6. The summed E-state index contributed by atoms with van der Waals surface area (Å²) in [6, 6.07) is 0. The van der Waals surface area contributed by atoms with Crippen LogP contribution in [0.1, 0.15) is 162 Å². The van der Waals surface area contributed by atoms with E-state index in [2.05, 4.69) is 24.4 Å². The number of hydrogen-bond donors (Lipinski definition) is 4. The van der Waals surface area contributed by atoms with Gasteiger partial charge in [-0.15, -0.1) is 0 Å². The number of esters is 2. The van der Waals surface area contributed by atoms with E-state index in [0.29, 0.717) is 19.3 Å². The van der Waals surface area contributed by atoms with Gasteiger partial charge in [0.2, 0.25) is 0 Å². The lowest BCUT2D eigenvalue weighted by molar-refractivity contribution is -0.161. The zero-order valence-corrected chi connectivity index (χ0v) is 33.3. The van der Waals surface area contributed by atoms with Crippen molar-refractivity contribution in [1.82, 2.24) is 0 Å². The van der Waals surface area contributed by atoms with E-state index in [1.807, 2.05) is 24.3 Å². The van der Waals surface area contributed by atoms with Gasteiger partial charge in [0.05, 0.1) is 25.9 Å². The van der Waals surface area contributed by atoms with Crippen molar-refractivity contribution in [3.8, 4) is 0 Å². The molecule has 0 radical (unpaired) electrons. The van der Waals surface area contributed by atoms with Gasteiger partial charge < -0.3 is 29.7 Å². The molecule has 0 bridgehead atoms. The standard InChI is InChI=1S/C40H73O11P/c1-3-5-7-8-9-10-11-12-13-16-19-22-26-30-39(44)48-34-38(35-50-52(46,47)49-33-37(43)32-41)51-40(45)31-27-23-20-17-14-15-18-21-25-29-36(42)28-24-6-4-2/h6,18,21,24-25,29,36-38,41-43H,3-5,7-17,19-20,22-23,26-28,30-35H2,1-2H3,(H,46,47)/b21-18+,24-6+,29-25+/t36?,37-,38+/m0/s1. The Morgan fingerprint density at radius 2 is 1.19 bits per heavy atom. The van der Waals surface area contributed by atoms with Gasteiger partial charge in [-0.1, -0.05) is 147 Å². The summed E-state index contributed by atoms with van der Waals surface area (Å²) in [5.41, 5.74) is 0. The number of carbonyl (C=O) groups excluding carboxylic acids is 2. The van der Waals surface area contributed by atoms with Crippen LogP contribution < -0.4 is 0 Å². The quantitative estimate of drug-likeness (QED) is 0.0157. The summed E-state index contributed by atoms with van der Waals surface area (Å²) in [5, 5.41) is 28.1. The normalized spacial score (nSPS) is 15.0. The molecule has 11 nitrogen and oxygen atoms in total. The number of hydrogen-bond acceptors (Lipinski definition) is 10. The number of aliphatic hydroxyl groups is 3. The molecule has 304 valence electrons. The second-order valence-electron chi connectivity index (χ2n) is 13.5. The van der Waals surface area contributed by atoms with E-state index in [-0.39, 0.29) is 19.4 Å². The van der Waals surface area contributed by atoms with Crippen LogP contribution in [0.3, 0.4) is 0 Å². The molecular weight excluding hydrogens is 687 g/mol. The Hall–Kier alpha value is -1.85. The van der Waals surface area contributed by atoms with Crippen LogP contribution in [-0.4, -0.2) is 76.9 Å². The zero-order valence-electron chi connectivity index (χ0n) is 32.4. The fourth-order valence-electron chi connectivity index (χ4n) is 5.26. The number of carbonyl (C=O) groups is 2. The van der Waals surface area contributed by atoms with Gasteiger partial charge in [-0.25, -0.2) is 4.57 Å². The maximum absolute atomic E-state index is 12.6. The smallest absolute Gasteiger partial charge is 0.462 e. The maximum Gasteiger partial charge on any atom is 0.472 e. The molecule has 0 amide bonds. The number of rotatable bonds is 37. The fourth-order valence-corrected chi connectivity index (χ4v) is 6.05. The van der Waals surface area contributed by atoms with Crippen molar-refractivity contribution in [3.05, 3.63) is 36.5 Å². The molecule has 2 unspecified atom stereocenters. The molecule has 0 aromatic rings. The first-order valence-electron chi connectivity index (χ1n) is 20.1. The van der Waals surface area contributed by atoms with Crippen LogP contribution in [-0.2, 0) is 32.7 Å². The Bertz CT molecular complexity index is 985. The predicted molar refractivity (Wildman–Crippen MR) is 207 cm³/mol. The van der Waals surface area contributed by atoms with Crippen molar-refractivity contribution >= 4 is 19.8 Å². The minimum atomic E-state index is -4.63. The van der Waals surface area contributed by atoms with E-state index in [4.69, 9.17) is 19.1 Å². The minimum absolute atomic E-state index is 0.139. The third kappa shape index (κ3) is 35.2. The molecule has 0 spiro atoms. The van der Waals surface area contributed by atoms with Crippen molar-refractivity contribution in [2.45, 2.75) is 180 Å². The molecule has 52 heavy (non-hydrogen) atoms. The Morgan fingerprint density at radius 1 is 0.654 bits per heavy atom. The summed E-state index contributed by atoms with van der Waals surface area (Å²) >= 11 is 0. The van der Waals surface area contributed by atoms with E-state index in [1.165, 1.54) is 57.8 Å². The first-order valence-corrected chi connectivity index (χ1v) is 21.5. The van der Waals surface area contributed by atoms with Crippen molar-refractivity contribution in [2.24, 2.45) is 0 Å². The van der Waals surface area contributed by atoms with Gasteiger partial charge >= 0.3 is 19.8 Å². The maximum atomic E-state index is 12.6. The highest BCUT2D eigenvalue weighted by Gasteiger charge is 2.27. The van der Waals surface area contributed by atoms with Gasteiger partial charge in [-0.2, -0.15) is 0 Å². The molecule has 0 aliphatic heterocycles. The van der Waals surface area contributed by atoms with Gasteiger partial charge in [-0.05, 0) is 38.5 Å². The average molecular weight is 761 g/mol. The summed E-state index contributed by atoms with van der Waals surface area (Å²) in [6.07, 6.45) is 31.5. The number of unbranched alkanes of at least 4 members (excludes halogenated alkanes) is 17. The molecule has 0 aliphatic carbocycles. The molecule has 0 fully saturated rings. The summed E-state index contributed by atoms with van der Waals surface area (Å²) in [5.74, 6) is -0.977. The van der Waals surface area contributed by atoms with Gasteiger partial charge in [0.15, 0.2) is 6.10 Å². The summed E-state index contributed by atoms with van der Waals surface area (Å²) in [7, 11) is -4.63. The minimum Gasteiger partial charge on any atom is -0.462 e. The molecule has 0 rings (SSSR count). The van der Waals surface area contributed by atoms with Crippen molar-refractivity contribution in [2.75, 3.05) is 26.4 Å².